The number of ether oxygens (including phenoxy) is 6. The average Bonchev–Trinajstić information content (AvgIpc) is 3.57. The first-order valence-corrected chi connectivity index (χ1v) is 21.5. The summed E-state index contributed by atoms with van der Waals surface area (Å²) in [7, 11) is 3.14. The molecule has 0 heterocycles. The highest BCUT2D eigenvalue weighted by atomic mass is 16.6. The van der Waals surface area contributed by atoms with Gasteiger partial charge in [-0.3, -0.25) is 4.90 Å². The highest BCUT2D eigenvalue weighted by Gasteiger charge is 2.37. The Morgan fingerprint density at radius 2 is 1.36 bits per heavy atom. The number of methoxy groups -OCH3 is 1. The molecule has 332 valence electrons. The zero-order valence-corrected chi connectivity index (χ0v) is 38.2. The number of fused-ring (bicyclic) bond motifs is 3. The first kappa shape index (κ1) is 48.5. The van der Waals surface area contributed by atoms with Gasteiger partial charge in [-0.2, -0.15) is 0 Å². The van der Waals surface area contributed by atoms with Crippen molar-refractivity contribution in [2.45, 2.75) is 131 Å². The van der Waals surface area contributed by atoms with Crippen molar-refractivity contribution in [2.24, 2.45) is 17.8 Å². The second-order valence-electron chi connectivity index (χ2n) is 17.3. The summed E-state index contributed by atoms with van der Waals surface area (Å²) in [6.07, 6.45) is 0.490. The van der Waals surface area contributed by atoms with Crippen LogP contribution in [0, 0.1) is 17.8 Å². The minimum absolute atomic E-state index is 0.0850. The third-order valence-electron chi connectivity index (χ3n) is 11.7. The Morgan fingerprint density at radius 1 is 0.787 bits per heavy atom. The molecule has 0 fully saturated rings. The summed E-state index contributed by atoms with van der Waals surface area (Å²) in [5.74, 6) is -1.91. The molecular formula is C50H67NO10. The van der Waals surface area contributed by atoms with Crippen molar-refractivity contribution in [2.75, 3.05) is 20.8 Å². The maximum Gasteiger partial charge on any atom is 0.410 e. The van der Waals surface area contributed by atoms with Gasteiger partial charge < -0.3 is 28.4 Å². The van der Waals surface area contributed by atoms with E-state index < -0.39 is 54.0 Å². The van der Waals surface area contributed by atoms with Crippen LogP contribution in [0.4, 0.5) is 4.79 Å². The smallest absolute Gasteiger partial charge is 0.410 e. The summed E-state index contributed by atoms with van der Waals surface area (Å²) in [6, 6.07) is 22.8. The first-order chi connectivity index (χ1) is 28.9. The van der Waals surface area contributed by atoms with Gasteiger partial charge in [0.25, 0.3) is 0 Å². The van der Waals surface area contributed by atoms with Crippen LogP contribution >= 0.6 is 0 Å². The number of nitrogens with zero attached hydrogens (tertiary/aromatic N) is 1. The molecular weight excluding hydrogens is 775 g/mol. The standard InChI is InChI=1S/C50H67NO10/c1-13-31(3)44(59-47(53)35(7)51(11)49(55)58-30-42-40-21-17-15-19-38(40)39-20-16-18-22-41(39)42)34(6)43(57-29-36-24-26-37(56-12)27-25-36)28-23-33(5)46(52)60-45(32(4)14-2)48(54)61-50(8,9)10/h15-27,31-32,34-35,42-45H,13-14,28-30H2,1-12H3/b33-23+/t31-,32-,34-,35-,43-,44+,45+/m0/s1. The number of hydrogen-bond donors (Lipinski definition) is 0. The normalized spacial score (nSPS) is 16.1. The van der Waals surface area contributed by atoms with Gasteiger partial charge in [0.05, 0.1) is 19.8 Å². The second kappa shape index (κ2) is 22.1. The molecule has 1 amide bonds. The zero-order valence-electron chi connectivity index (χ0n) is 38.2. The fourth-order valence-electron chi connectivity index (χ4n) is 7.34. The summed E-state index contributed by atoms with van der Waals surface area (Å²) >= 11 is 0. The lowest BCUT2D eigenvalue weighted by atomic mass is 9.86. The summed E-state index contributed by atoms with van der Waals surface area (Å²) in [5.41, 5.74) is 4.91. The van der Waals surface area contributed by atoms with Crippen LogP contribution in [0.5, 0.6) is 5.75 Å². The number of esters is 3. The maximum atomic E-state index is 13.9. The van der Waals surface area contributed by atoms with Gasteiger partial charge in [-0.05, 0) is 93.3 Å². The van der Waals surface area contributed by atoms with Crippen LogP contribution in [-0.2, 0) is 44.7 Å². The van der Waals surface area contributed by atoms with E-state index in [1.807, 2.05) is 83.1 Å². The van der Waals surface area contributed by atoms with E-state index in [1.165, 1.54) is 11.9 Å². The highest BCUT2D eigenvalue weighted by molar-refractivity contribution is 5.90. The molecule has 0 spiro atoms. The van der Waals surface area contributed by atoms with Crippen LogP contribution in [0.1, 0.15) is 111 Å². The van der Waals surface area contributed by atoms with E-state index in [1.54, 1.807) is 47.8 Å². The largest absolute Gasteiger partial charge is 0.497 e. The minimum atomic E-state index is -1.07. The fourth-order valence-corrected chi connectivity index (χ4v) is 7.34. The highest BCUT2D eigenvalue weighted by Crippen LogP contribution is 2.44. The molecule has 3 aromatic rings. The monoisotopic (exact) mass is 841 g/mol. The van der Waals surface area contributed by atoms with Crippen molar-refractivity contribution < 1.29 is 47.6 Å². The predicted molar refractivity (Wildman–Crippen MR) is 236 cm³/mol. The molecule has 0 aromatic heterocycles. The lowest BCUT2D eigenvalue weighted by molar-refractivity contribution is -0.177. The molecule has 0 bridgehead atoms. The Bertz CT molecular complexity index is 1920. The fraction of sp³-hybridized carbons (Fsp3) is 0.520. The Balaban J connectivity index is 1.49. The average molecular weight is 842 g/mol. The van der Waals surface area contributed by atoms with Crippen molar-refractivity contribution >= 4 is 24.0 Å². The second-order valence-corrected chi connectivity index (χ2v) is 17.3. The number of benzene rings is 3. The van der Waals surface area contributed by atoms with Crippen LogP contribution in [-0.4, -0.2) is 79.6 Å². The van der Waals surface area contributed by atoms with Crippen LogP contribution in [0.25, 0.3) is 11.1 Å². The zero-order chi connectivity index (χ0) is 45.0. The van der Waals surface area contributed by atoms with Crippen LogP contribution in [0.15, 0.2) is 84.4 Å². The third-order valence-corrected chi connectivity index (χ3v) is 11.7. The SMILES string of the molecule is CC[C@H](C)[C@@H](OC(=O)[C@H](C)N(C)C(=O)OCC1c2ccccc2-c2ccccc21)[C@@H](C)[C@H](C/C=C(\C)C(=O)O[C@@H](C(=O)OC(C)(C)C)[C@@H](C)CC)OCc1ccc(OC)cc1. The number of likely N-dealkylation sites (N-methyl/N-ethyl adjacent to an activating group) is 1. The summed E-state index contributed by atoms with van der Waals surface area (Å²) < 4.78 is 35.4. The topological polar surface area (TPSA) is 127 Å². The van der Waals surface area contributed by atoms with E-state index in [9.17, 15) is 19.2 Å². The summed E-state index contributed by atoms with van der Waals surface area (Å²) in [5, 5.41) is 0. The quantitative estimate of drug-likeness (QED) is 0.0616. The first-order valence-electron chi connectivity index (χ1n) is 21.5. The lowest BCUT2D eigenvalue weighted by Crippen LogP contribution is -2.46. The van der Waals surface area contributed by atoms with Gasteiger partial charge >= 0.3 is 24.0 Å². The van der Waals surface area contributed by atoms with Crippen molar-refractivity contribution in [3.63, 3.8) is 0 Å². The number of hydrogen-bond acceptors (Lipinski definition) is 10. The van der Waals surface area contributed by atoms with Crippen LogP contribution in [0.2, 0.25) is 0 Å². The van der Waals surface area contributed by atoms with E-state index in [2.05, 4.69) is 24.3 Å². The lowest BCUT2D eigenvalue weighted by Gasteiger charge is -2.35. The number of rotatable bonds is 20. The van der Waals surface area contributed by atoms with Gasteiger partial charge in [-0.15, -0.1) is 0 Å². The molecule has 0 radical (unpaired) electrons. The molecule has 11 nitrogen and oxygen atoms in total. The van der Waals surface area contributed by atoms with E-state index in [0.29, 0.717) is 24.2 Å². The Hall–Kier alpha value is -5.16. The van der Waals surface area contributed by atoms with Gasteiger partial charge in [0, 0.05) is 30.4 Å². The molecule has 4 rings (SSSR count). The van der Waals surface area contributed by atoms with Crippen LogP contribution in [0.3, 0.4) is 0 Å². The maximum absolute atomic E-state index is 13.9. The summed E-state index contributed by atoms with van der Waals surface area (Å²) in [6.45, 7) is 18.7. The minimum Gasteiger partial charge on any atom is -0.497 e. The van der Waals surface area contributed by atoms with E-state index >= 15 is 0 Å². The van der Waals surface area contributed by atoms with Gasteiger partial charge in [0.2, 0.25) is 6.10 Å². The van der Waals surface area contributed by atoms with Gasteiger partial charge in [0.15, 0.2) is 0 Å². The molecule has 0 saturated heterocycles. The molecule has 1 aliphatic carbocycles. The van der Waals surface area contributed by atoms with Gasteiger partial charge in [-0.1, -0.05) is 108 Å². The molecule has 3 aromatic carbocycles. The molecule has 0 unspecified atom stereocenters. The molecule has 0 N–H and O–H groups in total. The van der Waals surface area contributed by atoms with E-state index in [4.69, 9.17) is 28.4 Å². The van der Waals surface area contributed by atoms with Crippen molar-refractivity contribution in [1.82, 2.24) is 4.90 Å². The molecule has 61 heavy (non-hydrogen) atoms. The number of amides is 1. The van der Waals surface area contributed by atoms with Crippen LogP contribution < -0.4 is 4.74 Å². The number of carbonyl (C=O) groups excluding carboxylic acids is 4. The third kappa shape index (κ3) is 12.9. The van der Waals surface area contributed by atoms with Crippen molar-refractivity contribution in [3.8, 4) is 16.9 Å². The summed E-state index contributed by atoms with van der Waals surface area (Å²) in [4.78, 5) is 55.2. The van der Waals surface area contributed by atoms with Crippen molar-refractivity contribution in [1.29, 1.82) is 0 Å². The van der Waals surface area contributed by atoms with E-state index in [0.717, 1.165) is 27.8 Å². The van der Waals surface area contributed by atoms with E-state index in [-0.39, 0.29) is 43.3 Å². The van der Waals surface area contributed by atoms with Gasteiger partial charge in [0.1, 0.15) is 30.1 Å². The molecule has 0 aliphatic heterocycles. The Kier molecular flexibility index (Phi) is 17.6. The predicted octanol–water partition coefficient (Wildman–Crippen LogP) is 10.1. The Morgan fingerprint density at radius 3 is 1.90 bits per heavy atom. The Labute approximate surface area is 363 Å². The van der Waals surface area contributed by atoms with Crippen molar-refractivity contribution in [3.05, 3.63) is 101 Å². The molecule has 7 atom stereocenters. The molecule has 1 aliphatic rings. The van der Waals surface area contributed by atoms with Gasteiger partial charge in [-0.25, -0.2) is 19.2 Å². The molecule has 11 heteroatoms. The number of carbonyl (C=O) groups is 4. The molecule has 0 saturated carbocycles.